The van der Waals surface area contributed by atoms with Crippen molar-refractivity contribution in [3.8, 4) is 0 Å². The molecule has 0 aliphatic heterocycles. The van der Waals surface area contributed by atoms with E-state index in [1.54, 1.807) is 6.21 Å². The van der Waals surface area contributed by atoms with Crippen LogP contribution in [0.2, 0.25) is 0 Å². The van der Waals surface area contributed by atoms with Crippen molar-refractivity contribution in [2.45, 2.75) is 33.7 Å². The molecule has 0 bridgehead atoms. The van der Waals surface area contributed by atoms with Crippen molar-refractivity contribution in [1.29, 1.82) is 0 Å². The van der Waals surface area contributed by atoms with Crippen LogP contribution < -0.4 is 5.43 Å². The number of nitrogens with one attached hydrogen (secondary N) is 1. The molecule has 0 saturated carbocycles. The van der Waals surface area contributed by atoms with E-state index in [1.165, 1.54) is 11.1 Å². The maximum absolute atomic E-state index is 12.4. The van der Waals surface area contributed by atoms with Gasteiger partial charge in [-0.25, -0.2) is 5.43 Å². The highest BCUT2D eigenvalue weighted by molar-refractivity contribution is 6.01. The van der Waals surface area contributed by atoms with Gasteiger partial charge in [0, 0.05) is 28.7 Å². The third kappa shape index (κ3) is 4.58. The van der Waals surface area contributed by atoms with Gasteiger partial charge in [-0.2, -0.15) is 5.10 Å². The first-order valence-electron chi connectivity index (χ1n) is 10.5. The van der Waals surface area contributed by atoms with Gasteiger partial charge in [0.1, 0.15) is 0 Å². The molecule has 0 aliphatic carbocycles. The van der Waals surface area contributed by atoms with Gasteiger partial charge in [-0.05, 0) is 43.5 Å². The van der Waals surface area contributed by atoms with E-state index in [0.717, 1.165) is 39.8 Å². The molecule has 1 aromatic heterocycles. The van der Waals surface area contributed by atoms with Gasteiger partial charge in [-0.3, -0.25) is 4.79 Å². The fraction of sp³-hybridized carbons (Fsp3) is 0.185. The summed E-state index contributed by atoms with van der Waals surface area (Å²) < 4.78 is 2.30. The van der Waals surface area contributed by atoms with Crippen LogP contribution in [0.5, 0.6) is 0 Å². The minimum Gasteiger partial charge on any atom is -0.340 e. The van der Waals surface area contributed by atoms with E-state index in [9.17, 15) is 4.79 Å². The summed E-state index contributed by atoms with van der Waals surface area (Å²) >= 11 is 0. The average Bonchev–Trinajstić information content (AvgIpc) is 3.02. The molecule has 4 aromatic rings. The van der Waals surface area contributed by atoms with E-state index in [1.807, 2.05) is 31.2 Å². The predicted molar refractivity (Wildman–Crippen MR) is 128 cm³/mol. The van der Waals surface area contributed by atoms with E-state index >= 15 is 0 Å². The molecule has 0 unspecified atom stereocenters. The van der Waals surface area contributed by atoms with Crippen molar-refractivity contribution in [2.75, 3.05) is 0 Å². The first kappa shape index (κ1) is 20.6. The van der Waals surface area contributed by atoms with E-state index in [-0.39, 0.29) is 5.91 Å². The van der Waals surface area contributed by atoms with E-state index in [0.29, 0.717) is 6.42 Å². The molecule has 0 atom stereocenters. The zero-order valence-corrected chi connectivity index (χ0v) is 18.2. The molecule has 4 heteroatoms. The van der Waals surface area contributed by atoms with Crippen LogP contribution in [-0.2, 0) is 17.8 Å². The van der Waals surface area contributed by atoms with Crippen molar-refractivity contribution in [1.82, 2.24) is 9.99 Å². The highest BCUT2D eigenvalue weighted by Gasteiger charge is 2.13. The Morgan fingerprint density at radius 3 is 2.48 bits per heavy atom. The summed E-state index contributed by atoms with van der Waals surface area (Å²) in [5.74, 6) is -0.117. The number of hydrazone groups is 1. The number of aryl methyl sites for hydroxylation is 2. The highest BCUT2D eigenvalue weighted by Crippen LogP contribution is 2.25. The van der Waals surface area contributed by atoms with Gasteiger partial charge in [0.15, 0.2) is 0 Å². The summed E-state index contributed by atoms with van der Waals surface area (Å²) in [5, 5.41) is 5.41. The zero-order valence-electron chi connectivity index (χ0n) is 18.2. The topological polar surface area (TPSA) is 46.4 Å². The number of carbonyl (C=O) groups excluding carboxylic acids is 1. The van der Waals surface area contributed by atoms with Crippen LogP contribution in [0.3, 0.4) is 0 Å². The summed E-state index contributed by atoms with van der Waals surface area (Å²) in [6.07, 6.45) is 2.08. The van der Waals surface area contributed by atoms with Crippen LogP contribution in [0.4, 0.5) is 0 Å². The largest absolute Gasteiger partial charge is 0.340 e. The Bertz CT molecular complexity index is 1250. The van der Waals surface area contributed by atoms with Crippen molar-refractivity contribution in [2.24, 2.45) is 5.10 Å². The second-order valence-corrected chi connectivity index (χ2v) is 7.99. The first-order valence-corrected chi connectivity index (χ1v) is 10.5. The monoisotopic (exact) mass is 409 g/mol. The molecule has 4 rings (SSSR count). The summed E-state index contributed by atoms with van der Waals surface area (Å²) in [6, 6.07) is 24.9. The summed E-state index contributed by atoms with van der Waals surface area (Å²) in [6.45, 7) is 6.98. The third-order valence-electron chi connectivity index (χ3n) is 5.70. The maximum atomic E-state index is 12.4. The Balaban J connectivity index is 1.54. The molecule has 1 amide bonds. The number of amides is 1. The van der Waals surface area contributed by atoms with Crippen LogP contribution >= 0.6 is 0 Å². The normalized spacial score (nSPS) is 11.3. The highest BCUT2D eigenvalue weighted by atomic mass is 16.2. The lowest BCUT2D eigenvalue weighted by Crippen LogP contribution is -2.20. The number of hydrogen-bond acceptors (Lipinski definition) is 2. The Labute approximate surface area is 183 Å². The summed E-state index contributed by atoms with van der Waals surface area (Å²) in [4.78, 5) is 12.4. The molecule has 1 heterocycles. The van der Waals surface area contributed by atoms with E-state index < -0.39 is 0 Å². The second-order valence-electron chi connectivity index (χ2n) is 7.99. The molecule has 31 heavy (non-hydrogen) atoms. The van der Waals surface area contributed by atoms with Crippen LogP contribution in [0.25, 0.3) is 10.9 Å². The van der Waals surface area contributed by atoms with Crippen molar-refractivity contribution >= 4 is 23.0 Å². The molecule has 156 valence electrons. The first-order chi connectivity index (χ1) is 15.0. The lowest BCUT2D eigenvalue weighted by Gasteiger charge is -2.08. The number of carbonyl (C=O) groups is 1. The van der Waals surface area contributed by atoms with Crippen molar-refractivity contribution < 1.29 is 4.79 Å². The molecule has 3 aromatic carbocycles. The second kappa shape index (κ2) is 9.00. The molecule has 0 spiro atoms. The quantitative estimate of drug-likeness (QED) is 0.341. The number of nitrogens with zero attached hydrogens (tertiary/aromatic N) is 2. The molecular weight excluding hydrogens is 382 g/mol. The summed E-state index contributed by atoms with van der Waals surface area (Å²) in [5.41, 5.74) is 10.6. The lowest BCUT2D eigenvalue weighted by atomic mass is 10.0. The molecule has 4 nitrogen and oxygen atoms in total. The molecule has 0 saturated heterocycles. The van der Waals surface area contributed by atoms with Gasteiger partial charge in [0.25, 0.3) is 0 Å². The standard InChI is InChI=1S/C27H27N3O/c1-19-13-14-23(20(2)15-19)16-27(31)29-28-17-25-21(3)30(18-22-9-5-4-6-10-22)26-12-8-7-11-24(25)26/h4-15,17H,16,18H2,1-3H3,(H,29,31)/b28-17-. The molecule has 1 N–H and O–H groups in total. The Morgan fingerprint density at radius 1 is 0.968 bits per heavy atom. The number of hydrogen-bond donors (Lipinski definition) is 1. The van der Waals surface area contributed by atoms with Gasteiger partial charge in [0.05, 0.1) is 12.6 Å². The zero-order chi connectivity index (χ0) is 21.8. The van der Waals surface area contributed by atoms with Crippen LogP contribution in [0, 0.1) is 20.8 Å². The number of benzene rings is 3. The molecule has 0 aliphatic rings. The van der Waals surface area contributed by atoms with Gasteiger partial charge in [-0.1, -0.05) is 72.3 Å². The average molecular weight is 410 g/mol. The van der Waals surface area contributed by atoms with Crippen LogP contribution in [0.1, 0.15) is 33.5 Å². The molecule has 0 fully saturated rings. The SMILES string of the molecule is Cc1ccc(CC(=O)N/N=C\c2c(C)n(Cc3ccccc3)c3ccccc23)c(C)c1. The molecular formula is C27H27N3O. The predicted octanol–water partition coefficient (Wildman–Crippen LogP) is 5.31. The lowest BCUT2D eigenvalue weighted by molar-refractivity contribution is -0.120. The number of fused-ring (bicyclic) bond motifs is 1. The number of rotatable bonds is 6. The summed E-state index contributed by atoms with van der Waals surface area (Å²) in [7, 11) is 0. The minimum atomic E-state index is -0.117. The van der Waals surface area contributed by atoms with Gasteiger partial charge in [0.2, 0.25) is 5.91 Å². The van der Waals surface area contributed by atoms with Gasteiger partial charge in [-0.15, -0.1) is 0 Å². The fourth-order valence-corrected chi connectivity index (χ4v) is 4.02. The van der Waals surface area contributed by atoms with E-state index in [4.69, 9.17) is 0 Å². The fourth-order valence-electron chi connectivity index (χ4n) is 4.02. The van der Waals surface area contributed by atoms with Crippen LogP contribution in [-0.4, -0.2) is 16.7 Å². The smallest absolute Gasteiger partial charge is 0.244 e. The number of aromatic nitrogens is 1. The Morgan fingerprint density at radius 2 is 1.71 bits per heavy atom. The van der Waals surface area contributed by atoms with Crippen LogP contribution in [0.15, 0.2) is 77.9 Å². The number of para-hydroxylation sites is 1. The van der Waals surface area contributed by atoms with E-state index in [2.05, 4.69) is 77.5 Å². The minimum absolute atomic E-state index is 0.117. The Kier molecular flexibility index (Phi) is 5.99. The van der Waals surface area contributed by atoms with Gasteiger partial charge >= 0.3 is 0 Å². The maximum Gasteiger partial charge on any atom is 0.244 e. The molecule has 0 radical (unpaired) electrons. The third-order valence-corrected chi connectivity index (χ3v) is 5.70. The van der Waals surface area contributed by atoms with Crippen molar-refractivity contribution in [3.63, 3.8) is 0 Å². The Hall–Kier alpha value is -3.66. The van der Waals surface area contributed by atoms with Gasteiger partial charge < -0.3 is 4.57 Å². The van der Waals surface area contributed by atoms with Crippen molar-refractivity contribution in [3.05, 3.63) is 106 Å².